The number of amides is 2. The van der Waals surface area contributed by atoms with Crippen molar-refractivity contribution in [1.82, 2.24) is 4.90 Å². The summed E-state index contributed by atoms with van der Waals surface area (Å²) in [4.78, 5) is 39.1. The summed E-state index contributed by atoms with van der Waals surface area (Å²) >= 11 is 0. The standard InChI is InChI=1S/C19H26N2O3/c1-14-8-11-20(12-9-14)19(24)10-13-21(16(3)23)18-6-4-17(5-7-18)15(2)22/h4-7,14H,8-13H2,1-3H3. The second-order valence-electron chi connectivity index (χ2n) is 6.59. The van der Waals surface area contributed by atoms with Gasteiger partial charge in [-0.3, -0.25) is 14.4 Å². The molecule has 0 aliphatic carbocycles. The van der Waals surface area contributed by atoms with Crippen molar-refractivity contribution in [2.75, 3.05) is 24.5 Å². The molecular formula is C19H26N2O3. The topological polar surface area (TPSA) is 57.7 Å². The monoisotopic (exact) mass is 330 g/mol. The molecule has 130 valence electrons. The normalized spacial score (nSPS) is 15.2. The lowest BCUT2D eigenvalue weighted by Gasteiger charge is -2.31. The Morgan fingerprint density at radius 2 is 1.67 bits per heavy atom. The second kappa shape index (κ2) is 8.08. The number of rotatable bonds is 5. The molecule has 0 spiro atoms. The maximum absolute atomic E-state index is 12.3. The van der Waals surface area contributed by atoms with Crippen LogP contribution in [-0.2, 0) is 9.59 Å². The zero-order valence-corrected chi connectivity index (χ0v) is 14.7. The van der Waals surface area contributed by atoms with Crippen LogP contribution in [0.3, 0.4) is 0 Å². The number of Topliss-reactive ketones (excluding diaryl/α,β-unsaturated/α-hetero) is 1. The maximum Gasteiger partial charge on any atom is 0.224 e. The van der Waals surface area contributed by atoms with Crippen molar-refractivity contribution in [3.63, 3.8) is 0 Å². The molecule has 5 heteroatoms. The van der Waals surface area contributed by atoms with Gasteiger partial charge in [0.1, 0.15) is 0 Å². The van der Waals surface area contributed by atoms with Crippen molar-refractivity contribution in [3.8, 4) is 0 Å². The predicted octanol–water partition coefficient (Wildman–Crippen LogP) is 2.89. The molecule has 0 aromatic heterocycles. The molecule has 1 aliphatic rings. The number of likely N-dealkylation sites (tertiary alicyclic amines) is 1. The largest absolute Gasteiger partial charge is 0.343 e. The van der Waals surface area contributed by atoms with Gasteiger partial charge in [-0.05, 0) is 49.9 Å². The minimum absolute atomic E-state index is 0.00886. The van der Waals surface area contributed by atoms with Crippen LogP contribution in [0.4, 0.5) is 5.69 Å². The van der Waals surface area contributed by atoms with Gasteiger partial charge in [0.25, 0.3) is 0 Å². The molecule has 5 nitrogen and oxygen atoms in total. The van der Waals surface area contributed by atoms with Crippen LogP contribution in [0.1, 0.15) is 50.4 Å². The smallest absolute Gasteiger partial charge is 0.224 e. The lowest BCUT2D eigenvalue weighted by molar-refractivity contribution is -0.132. The molecule has 1 aromatic carbocycles. The Labute approximate surface area is 143 Å². The first-order chi connectivity index (χ1) is 11.4. The third kappa shape index (κ3) is 4.66. The van der Waals surface area contributed by atoms with Crippen molar-refractivity contribution >= 4 is 23.3 Å². The van der Waals surface area contributed by atoms with Crippen molar-refractivity contribution in [1.29, 1.82) is 0 Å². The van der Waals surface area contributed by atoms with E-state index in [2.05, 4.69) is 6.92 Å². The van der Waals surface area contributed by atoms with E-state index in [1.165, 1.54) is 13.8 Å². The van der Waals surface area contributed by atoms with Gasteiger partial charge in [-0.15, -0.1) is 0 Å². The zero-order valence-electron chi connectivity index (χ0n) is 14.7. The fraction of sp³-hybridized carbons (Fsp3) is 0.526. The second-order valence-corrected chi connectivity index (χ2v) is 6.59. The number of carbonyl (C=O) groups excluding carboxylic acids is 3. The molecule has 2 amide bonds. The Bertz CT molecular complexity index is 602. The Morgan fingerprint density at radius 3 is 2.17 bits per heavy atom. The summed E-state index contributed by atoms with van der Waals surface area (Å²) in [5, 5.41) is 0. The van der Waals surface area contributed by atoms with Crippen LogP contribution in [0.2, 0.25) is 0 Å². The SMILES string of the molecule is CC(=O)c1ccc(N(CCC(=O)N2CCC(C)CC2)C(C)=O)cc1. The highest BCUT2D eigenvalue weighted by molar-refractivity contribution is 5.96. The highest BCUT2D eigenvalue weighted by Gasteiger charge is 2.21. The third-order valence-corrected chi connectivity index (χ3v) is 4.65. The van der Waals surface area contributed by atoms with Gasteiger partial charge in [0.15, 0.2) is 5.78 Å². The van der Waals surface area contributed by atoms with E-state index in [-0.39, 0.29) is 17.6 Å². The highest BCUT2D eigenvalue weighted by atomic mass is 16.2. The number of anilines is 1. The minimum atomic E-state index is -0.106. The average Bonchev–Trinajstić information content (AvgIpc) is 2.55. The molecule has 1 aliphatic heterocycles. The average molecular weight is 330 g/mol. The van der Waals surface area contributed by atoms with Crippen LogP contribution >= 0.6 is 0 Å². The molecule has 0 saturated carbocycles. The maximum atomic E-state index is 12.3. The first kappa shape index (κ1) is 18.2. The first-order valence-corrected chi connectivity index (χ1v) is 8.55. The number of nitrogens with zero attached hydrogens (tertiary/aromatic N) is 2. The fourth-order valence-electron chi connectivity index (χ4n) is 2.97. The van der Waals surface area contributed by atoms with E-state index >= 15 is 0 Å². The number of benzene rings is 1. The van der Waals surface area contributed by atoms with Gasteiger partial charge < -0.3 is 9.80 Å². The van der Waals surface area contributed by atoms with E-state index in [4.69, 9.17) is 0 Å². The van der Waals surface area contributed by atoms with E-state index in [0.717, 1.165) is 25.9 Å². The van der Waals surface area contributed by atoms with Crippen LogP contribution in [0.5, 0.6) is 0 Å². The number of hydrogen-bond acceptors (Lipinski definition) is 3. The summed E-state index contributed by atoms with van der Waals surface area (Å²) in [6, 6.07) is 6.93. The Kier molecular flexibility index (Phi) is 6.12. The number of piperidine rings is 1. The fourth-order valence-corrected chi connectivity index (χ4v) is 2.97. The summed E-state index contributed by atoms with van der Waals surface area (Å²) in [7, 11) is 0. The summed E-state index contributed by atoms with van der Waals surface area (Å²) in [6.45, 7) is 7.20. The molecule has 1 heterocycles. The van der Waals surface area contributed by atoms with Crippen LogP contribution in [0.25, 0.3) is 0 Å². The van der Waals surface area contributed by atoms with Crippen LogP contribution in [0.15, 0.2) is 24.3 Å². The zero-order chi connectivity index (χ0) is 17.7. The molecule has 1 aromatic rings. The molecule has 1 saturated heterocycles. The minimum Gasteiger partial charge on any atom is -0.343 e. The number of carbonyl (C=O) groups is 3. The van der Waals surface area contributed by atoms with Gasteiger partial charge in [0.2, 0.25) is 11.8 Å². The quantitative estimate of drug-likeness (QED) is 0.780. The van der Waals surface area contributed by atoms with E-state index < -0.39 is 0 Å². The molecular weight excluding hydrogens is 304 g/mol. The molecule has 1 fully saturated rings. The highest BCUT2D eigenvalue weighted by Crippen LogP contribution is 2.19. The Hall–Kier alpha value is -2.17. The number of ketones is 1. The predicted molar refractivity (Wildman–Crippen MR) is 94.1 cm³/mol. The van der Waals surface area contributed by atoms with Gasteiger partial charge in [-0.1, -0.05) is 6.92 Å². The van der Waals surface area contributed by atoms with Crippen LogP contribution in [-0.4, -0.2) is 42.1 Å². The summed E-state index contributed by atoms with van der Waals surface area (Å²) in [5.74, 6) is 0.673. The third-order valence-electron chi connectivity index (χ3n) is 4.65. The van der Waals surface area contributed by atoms with Crippen molar-refractivity contribution in [2.24, 2.45) is 5.92 Å². The van der Waals surface area contributed by atoms with E-state index in [0.29, 0.717) is 30.1 Å². The Balaban J connectivity index is 1.97. The van der Waals surface area contributed by atoms with Crippen molar-refractivity contribution in [3.05, 3.63) is 29.8 Å². The number of hydrogen-bond donors (Lipinski definition) is 0. The van der Waals surface area contributed by atoms with Crippen LogP contribution in [0, 0.1) is 5.92 Å². The molecule has 0 N–H and O–H groups in total. The van der Waals surface area contributed by atoms with Gasteiger partial charge in [-0.2, -0.15) is 0 Å². The molecule has 24 heavy (non-hydrogen) atoms. The van der Waals surface area contributed by atoms with Gasteiger partial charge in [0.05, 0.1) is 0 Å². The van der Waals surface area contributed by atoms with Crippen molar-refractivity contribution < 1.29 is 14.4 Å². The van der Waals surface area contributed by atoms with E-state index in [1.807, 2.05) is 4.90 Å². The van der Waals surface area contributed by atoms with E-state index in [9.17, 15) is 14.4 Å². The first-order valence-electron chi connectivity index (χ1n) is 8.55. The summed E-state index contributed by atoms with van der Waals surface area (Å²) in [5.41, 5.74) is 1.33. The molecule has 0 radical (unpaired) electrons. The van der Waals surface area contributed by atoms with Gasteiger partial charge >= 0.3 is 0 Å². The van der Waals surface area contributed by atoms with Gasteiger partial charge in [-0.25, -0.2) is 0 Å². The van der Waals surface area contributed by atoms with Crippen molar-refractivity contribution in [2.45, 2.75) is 40.0 Å². The molecule has 2 rings (SSSR count). The Morgan fingerprint density at radius 1 is 1.08 bits per heavy atom. The summed E-state index contributed by atoms with van der Waals surface area (Å²) < 4.78 is 0. The molecule has 0 bridgehead atoms. The molecule has 0 unspecified atom stereocenters. The lowest BCUT2D eigenvalue weighted by Crippen LogP contribution is -2.40. The van der Waals surface area contributed by atoms with E-state index in [1.54, 1.807) is 29.2 Å². The molecule has 0 atom stereocenters. The summed E-state index contributed by atoms with van der Waals surface area (Å²) in [6.07, 6.45) is 2.42. The van der Waals surface area contributed by atoms with Gasteiger partial charge in [0, 0.05) is 44.2 Å². The van der Waals surface area contributed by atoms with Crippen LogP contribution < -0.4 is 4.90 Å². The lowest BCUT2D eigenvalue weighted by atomic mass is 9.99.